The Hall–Kier alpha value is -1.78. The van der Waals surface area contributed by atoms with Crippen molar-refractivity contribution in [1.82, 2.24) is 0 Å². The largest absolute Gasteiger partial charge is 0.376 e. The minimum Gasteiger partial charge on any atom is -0.376 e. The summed E-state index contributed by atoms with van der Waals surface area (Å²) in [6, 6.07) is 7.38. The van der Waals surface area contributed by atoms with Crippen LogP contribution in [0.15, 0.2) is 41.1 Å². The zero-order chi connectivity index (χ0) is 14.5. The predicted molar refractivity (Wildman–Crippen MR) is 87.8 cm³/mol. The highest BCUT2D eigenvalue weighted by atomic mass is 35.5. The van der Waals surface area contributed by atoms with Crippen molar-refractivity contribution in [2.45, 2.75) is 0 Å². The lowest BCUT2D eigenvalue weighted by Crippen LogP contribution is -2.15. The molecule has 0 fully saturated rings. The lowest BCUT2D eigenvalue weighted by atomic mass is 10.2. The van der Waals surface area contributed by atoms with Crippen LogP contribution in [0.1, 0.15) is 5.56 Å². The highest BCUT2D eigenvalue weighted by Gasteiger charge is 2.07. The summed E-state index contributed by atoms with van der Waals surface area (Å²) in [6.45, 7) is 0. The molecule has 0 unspecified atom stereocenters. The number of halogens is 1. The number of nitrogens with one attached hydrogen (secondary N) is 1. The van der Waals surface area contributed by atoms with Crippen LogP contribution in [0.2, 0.25) is 5.02 Å². The maximum absolute atomic E-state index is 11.9. The van der Waals surface area contributed by atoms with E-state index in [4.69, 9.17) is 11.6 Å². The molecule has 0 aliphatic rings. The van der Waals surface area contributed by atoms with Crippen LogP contribution in [0.4, 0.5) is 11.4 Å². The van der Waals surface area contributed by atoms with E-state index in [-0.39, 0.29) is 5.91 Å². The number of benzene rings is 1. The average molecular weight is 307 g/mol. The molecule has 104 valence electrons. The summed E-state index contributed by atoms with van der Waals surface area (Å²) in [6.07, 6.45) is 3.30. The maximum atomic E-state index is 11.9. The second-order valence-corrected chi connectivity index (χ2v) is 5.65. The van der Waals surface area contributed by atoms with E-state index in [1.807, 2.05) is 41.9 Å². The van der Waals surface area contributed by atoms with Crippen LogP contribution < -0.4 is 10.2 Å². The second-order valence-electron chi connectivity index (χ2n) is 4.44. The molecule has 0 saturated heterocycles. The number of hydrogen-bond donors (Lipinski definition) is 1. The van der Waals surface area contributed by atoms with E-state index in [9.17, 15) is 4.79 Å². The molecule has 0 atom stereocenters. The van der Waals surface area contributed by atoms with E-state index in [0.717, 1.165) is 11.3 Å². The van der Waals surface area contributed by atoms with Gasteiger partial charge in [0.15, 0.2) is 0 Å². The Morgan fingerprint density at radius 2 is 2.15 bits per heavy atom. The van der Waals surface area contributed by atoms with Gasteiger partial charge < -0.3 is 10.2 Å². The van der Waals surface area contributed by atoms with Gasteiger partial charge in [0.05, 0.1) is 11.4 Å². The Kier molecular flexibility index (Phi) is 4.82. The third-order valence-corrected chi connectivity index (χ3v) is 3.61. The lowest BCUT2D eigenvalue weighted by molar-refractivity contribution is -0.111. The molecule has 1 heterocycles. The molecule has 5 heteroatoms. The topological polar surface area (TPSA) is 32.3 Å². The van der Waals surface area contributed by atoms with Gasteiger partial charge in [-0.3, -0.25) is 4.79 Å². The monoisotopic (exact) mass is 306 g/mol. The summed E-state index contributed by atoms with van der Waals surface area (Å²) in [5, 5.41) is 7.39. The summed E-state index contributed by atoms with van der Waals surface area (Å²) in [4.78, 5) is 13.9. The minimum atomic E-state index is -0.179. The number of nitrogens with zero attached hydrogens (tertiary/aromatic N) is 1. The fourth-order valence-corrected chi connectivity index (χ4v) is 2.52. The molecule has 2 aromatic rings. The van der Waals surface area contributed by atoms with Gasteiger partial charge in [0.2, 0.25) is 5.91 Å². The van der Waals surface area contributed by atoms with Gasteiger partial charge in [0, 0.05) is 25.2 Å². The number of anilines is 2. The summed E-state index contributed by atoms with van der Waals surface area (Å²) < 4.78 is 0. The van der Waals surface area contributed by atoms with Crippen molar-refractivity contribution in [3.05, 3.63) is 51.7 Å². The van der Waals surface area contributed by atoms with Gasteiger partial charge in [0.25, 0.3) is 0 Å². The van der Waals surface area contributed by atoms with Crippen LogP contribution in [0.3, 0.4) is 0 Å². The van der Waals surface area contributed by atoms with E-state index < -0.39 is 0 Å². The third-order valence-electron chi connectivity index (χ3n) is 2.67. The number of rotatable bonds is 4. The third kappa shape index (κ3) is 3.85. The molecule has 3 nitrogen and oxygen atoms in total. The van der Waals surface area contributed by atoms with Crippen LogP contribution in [0.5, 0.6) is 0 Å². The first-order valence-corrected chi connectivity index (χ1v) is 7.36. The molecule has 1 aromatic heterocycles. The van der Waals surface area contributed by atoms with E-state index in [1.54, 1.807) is 29.5 Å². The van der Waals surface area contributed by atoms with Gasteiger partial charge in [0.1, 0.15) is 0 Å². The Labute approximate surface area is 127 Å². The first-order valence-electron chi connectivity index (χ1n) is 6.04. The highest BCUT2D eigenvalue weighted by molar-refractivity contribution is 7.08. The molecule has 0 aliphatic heterocycles. The van der Waals surface area contributed by atoms with Crippen molar-refractivity contribution >= 4 is 46.3 Å². The standard InChI is InChI=1S/C15H15ClN2OS/c1-18(2)14-5-4-12(16)9-13(14)17-15(19)6-3-11-7-8-20-10-11/h3-10H,1-2H3,(H,17,19)/b6-3+. The summed E-state index contributed by atoms with van der Waals surface area (Å²) >= 11 is 7.57. The zero-order valence-electron chi connectivity index (χ0n) is 11.3. The van der Waals surface area contributed by atoms with E-state index in [1.165, 1.54) is 6.08 Å². The van der Waals surface area contributed by atoms with Crippen molar-refractivity contribution in [1.29, 1.82) is 0 Å². The number of thiophene rings is 1. The lowest BCUT2D eigenvalue weighted by Gasteiger charge is -2.17. The van der Waals surface area contributed by atoms with Crippen molar-refractivity contribution in [2.24, 2.45) is 0 Å². The SMILES string of the molecule is CN(C)c1ccc(Cl)cc1NC(=O)/C=C/c1ccsc1. The normalized spacial score (nSPS) is 10.8. The van der Waals surface area contributed by atoms with Crippen LogP contribution >= 0.6 is 22.9 Å². The Bertz CT molecular complexity index is 621. The van der Waals surface area contributed by atoms with Crippen LogP contribution in [0.25, 0.3) is 6.08 Å². The first kappa shape index (κ1) is 14.6. The van der Waals surface area contributed by atoms with Crippen molar-refractivity contribution < 1.29 is 4.79 Å². The second kappa shape index (κ2) is 6.59. The molecule has 0 saturated carbocycles. The molecule has 1 N–H and O–H groups in total. The molecule has 0 aliphatic carbocycles. The molecular weight excluding hydrogens is 292 g/mol. The van der Waals surface area contributed by atoms with Crippen molar-refractivity contribution in [3.63, 3.8) is 0 Å². The van der Waals surface area contributed by atoms with Gasteiger partial charge in [-0.15, -0.1) is 0 Å². The maximum Gasteiger partial charge on any atom is 0.248 e. The van der Waals surface area contributed by atoms with Crippen molar-refractivity contribution in [2.75, 3.05) is 24.3 Å². The quantitative estimate of drug-likeness (QED) is 0.862. The Morgan fingerprint density at radius 1 is 1.35 bits per heavy atom. The van der Waals surface area contributed by atoms with Crippen molar-refractivity contribution in [3.8, 4) is 0 Å². The van der Waals surface area contributed by atoms with E-state index >= 15 is 0 Å². The van der Waals surface area contributed by atoms with Gasteiger partial charge in [-0.1, -0.05) is 11.6 Å². The summed E-state index contributed by atoms with van der Waals surface area (Å²) in [5.74, 6) is -0.179. The fourth-order valence-electron chi connectivity index (χ4n) is 1.71. The predicted octanol–water partition coefficient (Wildman–Crippen LogP) is 4.12. The molecule has 0 bridgehead atoms. The molecule has 2 rings (SSSR count). The molecule has 1 amide bonds. The van der Waals surface area contributed by atoms with Gasteiger partial charge in [-0.05, 0) is 46.7 Å². The molecule has 0 radical (unpaired) electrons. The first-order chi connectivity index (χ1) is 9.56. The Morgan fingerprint density at radius 3 is 2.80 bits per heavy atom. The van der Waals surface area contributed by atoms with Crippen LogP contribution in [0, 0.1) is 0 Å². The summed E-state index contributed by atoms with van der Waals surface area (Å²) in [5.41, 5.74) is 2.62. The number of amides is 1. The van der Waals surface area contributed by atoms with Crippen LogP contribution in [-0.4, -0.2) is 20.0 Å². The molecular formula is C15H15ClN2OS. The van der Waals surface area contributed by atoms with E-state index in [0.29, 0.717) is 10.7 Å². The number of hydrogen-bond acceptors (Lipinski definition) is 3. The molecule has 20 heavy (non-hydrogen) atoms. The minimum absolute atomic E-state index is 0.179. The average Bonchev–Trinajstić information content (AvgIpc) is 2.89. The highest BCUT2D eigenvalue weighted by Crippen LogP contribution is 2.27. The molecule has 1 aromatic carbocycles. The Balaban J connectivity index is 2.13. The van der Waals surface area contributed by atoms with Gasteiger partial charge >= 0.3 is 0 Å². The van der Waals surface area contributed by atoms with E-state index in [2.05, 4.69) is 5.32 Å². The zero-order valence-corrected chi connectivity index (χ0v) is 12.8. The molecule has 0 spiro atoms. The van der Waals surface area contributed by atoms with Crippen LogP contribution in [-0.2, 0) is 4.79 Å². The number of carbonyl (C=O) groups excluding carboxylic acids is 1. The summed E-state index contributed by atoms with van der Waals surface area (Å²) in [7, 11) is 3.83. The van der Waals surface area contributed by atoms with Gasteiger partial charge in [-0.25, -0.2) is 0 Å². The van der Waals surface area contributed by atoms with Gasteiger partial charge in [-0.2, -0.15) is 11.3 Å². The number of carbonyl (C=O) groups is 1. The smallest absolute Gasteiger partial charge is 0.248 e. The fraction of sp³-hybridized carbons (Fsp3) is 0.133.